The predicted octanol–water partition coefficient (Wildman–Crippen LogP) is 6.21. The Morgan fingerprint density at radius 3 is 1.95 bits per heavy atom. The van der Waals surface area contributed by atoms with Crippen molar-refractivity contribution >= 4 is 34.8 Å². The van der Waals surface area contributed by atoms with Crippen molar-refractivity contribution in [2.75, 3.05) is 36.4 Å². The molecule has 0 radical (unpaired) electrons. The largest absolute Gasteiger partial charge is 0.366 e. The number of anilines is 2. The van der Waals surface area contributed by atoms with Gasteiger partial charge in [0.25, 0.3) is 5.91 Å². The minimum atomic E-state index is -0.519. The normalized spacial score (nSPS) is 13.4. The van der Waals surface area contributed by atoms with Gasteiger partial charge in [0.05, 0.1) is 22.9 Å². The van der Waals surface area contributed by atoms with E-state index >= 15 is 0 Å². The second kappa shape index (κ2) is 11.5. The Balaban J connectivity index is 1.36. The Hall–Kier alpha value is -4.16. The zero-order valence-corrected chi connectivity index (χ0v) is 21.4. The maximum absolute atomic E-state index is 14.1. The number of carbonyl (C=O) groups excluding carboxylic acids is 2. The third kappa shape index (κ3) is 5.55. The molecule has 7 heteroatoms. The summed E-state index contributed by atoms with van der Waals surface area (Å²) in [6, 6.07) is 30.8. The third-order valence-corrected chi connectivity index (χ3v) is 6.99. The van der Waals surface area contributed by atoms with Gasteiger partial charge in [-0.25, -0.2) is 4.39 Å². The molecule has 1 aliphatic heterocycles. The molecule has 0 unspecified atom stereocenters. The van der Waals surface area contributed by atoms with Gasteiger partial charge in [0.15, 0.2) is 0 Å². The summed E-state index contributed by atoms with van der Waals surface area (Å²) in [6.07, 6.45) is 0. The van der Waals surface area contributed by atoms with E-state index in [1.54, 1.807) is 29.2 Å². The Kier molecular flexibility index (Phi) is 7.70. The molecular weight excluding hydrogens is 501 g/mol. The van der Waals surface area contributed by atoms with Crippen LogP contribution in [-0.2, 0) is 4.79 Å². The molecule has 5 nitrogen and oxygen atoms in total. The molecule has 192 valence electrons. The molecule has 38 heavy (non-hydrogen) atoms. The van der Waals surface area contributed by atoms with Crippen LogP contribution in [0.4, 0.5) is 15.8 Å². The lowest BCUT2D eigenvalue weighted by atomic mass is 9.90. The number of carbonyl (C=O) groups is 2. The monoisotopic (exact) mass is 527 g/mol. The van der Waals surface area contributed by atoms with E-state index in [0.717, 1.165) is 16.8 Å². The fourth-order valence-corrected chi connectivity index (χ4v) is 5.00. The molecule has 0 bridgehead atoms. The van der Waals surface area contributed by atoms with Crippen molar-refractivity contribution in [3.05, 3.63) is 131 Å². The molecule has 1 aliphatic rings. The quantitative estimate of drug-likeness (QED) is 0.324. The molecule has 1 N–H and O–H groups in total. The molecule has 0 aromatic heterocycles. The van der Waals surface area contributed by atoms with Crippen molar-refractivity contribution in [2.45, 2.75) is 5.92 Å². The minimum Gasteiger partial charge on any atom is -0.366 e. The van der Waals surface area contributed by atoms with Crippen LogP contribution in [0.25, 0.3) is 0 Å². The van der Waals surface area contributed by atoms with Crippen LogP contribution >= 0.6 is 11.6 Å². The molecule has 2 amide bonds. The summed E-state index contributed by atoms with van der Waals surface area (Å²) in [6.45, 7) is 1.93. The van der Waals surface area contributed by atoms with Gasteiger partial charge in [-0.3, -0.25) is 9.59 Å². The molecule has 4 aromatic carbocycles. The highest BCUT2D eigenvalue weighted by atomic mass is 35.5. The molecule has 0 spiro atoms. The van der Waals surface area contributed by atoms with E-state index in [0.29, 0.717) is 36.9 Å². The Morgan fingerprint density at radius 2 is 1.34 bits per heavy atom. The van der Waals surface area contributed by atoms with E-state index in [-0.39, 0.29) is 17.4 Å². The lowest BCUT2D eigenvalue weighted by Gasteiger charge is -2.37. The topological polar surface area (TPSA) is 52.7 Å². The smallest absolute Gasteiger partial charge is 0.256 e. The number of rotatable bonds is 6. The summed E-state index contributed by atoms with van der Waals surface area (Å²) in [5.41, 5.74) is 3.28. The van der Waals surface area contributed by atoms with Crippen LogP contribution in [0.2, 0.25) is 5.02 Å². The number of nitrogens with one attached hydrogen (secondary N) is 1. The number of hydrogen-bond donors (Lipinski definition) is 1. The lowest BCUT2D eigenvalue weighted by Crippen LogP contribution is -2.49. The summed E-state index contributed by atoms with van der Waals surface area (Å²) in [4.78, 5) is 30.4. The van der Waals surface area contributed by atoms with E-state index in [4.69, 9.17) is 11.6 Å². The van der Waals surface area contributed by atoms with Crippen LogP contribution in [0, 0.1) is 5.82 Å². The SMILES string of the molecule is O=C(Nc1cc(Cl)ccc1N1CCN(C(=O)c2ccccc2F)CC1)C(c1ccccc1)c1ccccc1. The number of halogens is 2. The zero-order valence-electron chi connectivity index (χ0n) is 20.7. The maximum Gasteiger partial charge on any atom is 0.256 e. The molecule has 1 heterocycles. The van der Waals surface area contributed by atoms with Gasteiger partial charge in [-0.1, -0.05) is 84.4 Å². The van der Waals surface area contributed by atoms with Crippen molar-refractivity contribution in [3.63, 3.8) is 0 Å². The lowest BCUT2D eigenvalue weighted by molar-refractivity contribution is -0.116. The number of piperazine rings is 1. The third-order valence-electron chi connectivity index (χ3n) is 6.76. The second-order valence-electron chi connectivity index (χ2n) is 9.16. The predicted molar refractivity (Wildman–Crippen MR) is 149 cm³/mol. The van der Waals surface area contributed by atoms with Crippen LogP contribution in [0.3, 0.4) is 0 Å². The molecule has 0 atom stereocenters. The first-order valence-electron chi connectivity index (χ1n) is 12.5. The van der Waals surface area contributed by atoms with E-state index in [1.165, 1.54) is 12.1 Å². The fraction of sp³-hybridized carbons (Fsp3) is 0.161. The van der Waals surface area contributed by atoms with Crippen molar-refractivity contribution in [3.8, 4) is 0 Å². The van der Waals surface area contributed by atoms with Gasteiger partial charge in [0.2, 0.25) is 5.91 Å². The average molecular weight is 528 g/mol. The molecule has 5 rings (SSSR count). The summed E-state index contributed by atoms with van der Waals surface area (Å²) >= 11 is 6.34. The van der Waals surface area contributed by atoms with Crippen molar-refractivity contribution < 1.29 is 14.0 Å². The minimum absolute atomic E-state index is 0.0771. The van der Waals surface area contributed by atoms with Crippen molar-refractivity contribution in [2.24, 2.45) is 0 Å². The highest BCUT2D eigenvalue weighted by molar-refractivity contribution is 6.31. The second-order valence-corrected chi connectivity index (χ2v) is 9.60. The van der Waals surface area contributed by atoms with Crippen LogP contribution in [-0.4, -0.2) is 42.9 Å². The van der Waals surface area contributed by atoms with Crippen molar-refractivity contribution in [1.82, 2.24) is 4.90 Å². The molecular formula is C31H27ClFN3O2. The number of amides is 2. The molecule has 0 saturated carbocycles. The number of benzene rings is 4. The van der Waals surface area contributed by atoms with E-state index in [9.17, 15) is 14.0 Å². The first-order valence-corrected chi connectivity index (χ1v) is 12.9. The van der Waals surface area contributed by atoms with Crippen LogP contribution in [0.1, 0.15) is 27.4 Å². The molecule has 1 saturated heterocycles. The van der Waals surface area contributed by atoms with Crippen molar-refractivity contribution in [1.29, 1.82) is 0 Å². The Labute approximate surface area is 226 Å². The average Bonchev–Trinajstić information content (AvgIpc) is 2.94. The van der Waals surface area contributed by atoms with Crippen LogP contribution < -0.4 is 10.2 Å². The molecule has 0 aliphatic carbocycles. The standard InChI is InChI=1S/C31H27ClFN3O2/c32-24-15-16-28(35-17-19-36(20-18-35)31(38)25-13-7-8-14-26(25)33)27(21-24)34-30(37)29(22-9-3-1-4-10-22)23-11-5-2-6-12-23/h1-16,21,29H,17-20H2,(H,34,37). The zero-order chi connectivity index (χ0) is 26.5. The highest BCUT2D eigenvalue weighted by Gasteiger charge is 2.27. The van der Waals surface area contributed by atoms with E-state index in [1.807, 2.05) is 66.7 Å². The highest BCUT2D eigenvalue weighted by Crippen LogP contribution is 2.33. The fourth-order valence-electron chi connectivity index (χ4n) is 4.83. The first kappa shape index (κ1) is 25.5. The van der Waals surface area contributed by atoms with Gasteiger partial charge in [-0.2, -0.15) is 0 Å². The molecule has 4 aromatic rings. The van der Waals surface area contributed by atoms with Gasteiger partial charge >= 0.3 is 0 Å². The van der Waals surface area contributed by atoms with E-state index < -0.39 is 11.7 Å². The van der Waals surface area contributed by atoms with Gasteiger partial charge in [-0.05, 0) is 41.5 Å². The summed E-state index contributed by atoms with van der Waals surface area (Å²) < 4.78 is 14.1. The Bertz CT molecular complexity index is 1380. The van der Waals surface area contributed by atoms with Crippen LogP contribution in [0.5, 0.6) is 0 Å². The molecule has 1 fully saturated rings. The summed E-state index contributed by atoms with van der Waals surface area (Å²) in [7, 11) is 0. The van der Waals surface area contributed by atoms with Gasteiger partial charge in [-0.15, -0.1) is 0 Å². The van der Waals surface area contributed by atoms with Gasteiger partial charge in [0, 0.05) is 31.2 Å². The maximum atomic E-state index is 14.1. The Morgan fingerprint density at radius 1 is 0.763 bits per heavy atom. The van der Waals surface area contributed by atoms with E-state index in [2.05, 4.69) is 10.2 Å². The number of hydrogen-bond acceptors (Lipinski definition) is 3. The van der Waals surface area contributed by atoms with Gasteiger partial charge < -0.3 is 15.1 Å². The summed E-state index contributed by atoms with van der Waals surface area (Å²) in [5, 5.41) is 3.63. The van der Waals surface area contributed by atoms with Gasteiger partial charge in [0.1, 0.15) is 5.82 Å². The van der Waals surface area contributed by atoms with Crippen LogP contribution in [0.15, 0.2) is 103 Å². The number of nitrogens with zero attached hydrogens (tertiary/aromatic N) is 2. The first-order chi connectivity index (χ1) is 18.5. The summed E-state index contributed by atoms with van der Waals surface area (Å²) in [5.74, 6) is -1.51.